The van der Waals surface area contributed by atoms with Crippen molar-refractivity contribution in [3.63, 3.8) is 0 Å². The molecule has 5 nitrogen and oxygen atoms in total. The molecule has 2 aromatic heterocycles. The van der Waals surface area contributed by atoms with Crippen LogP contribution in [0.25, 0.3) is 9.40 Å². The molecule has 144 valence electrons. The van der Waals surface area contributed by atoms with Crippen LogP contribution in [0.1, 0.15) is 22.1 Å². The van der Waals surface area contributed by atoms with Crippen LogP contribution in [0.4, 0.5) is 0 Å². The van der Waals surface area contributed by atoms with Crippen molar-refractivity contribution >= 4 is 43.7 Å². The predicted octanol–water partition coefficient (Wildman–Crippen LogP) is 2.72. The molecule has 1 saturated heterocycles. The monoisotopic (exact) mass is 426 g/mol. The van der Waals surface area contributed by atoms with Gasteiger partial charge in [-0.05, 0) is 34.7 Å². The first-order valence-corrected chi connectivity index (χ1v) is 10.6. The molecule has 0 spiro atoms. The number of hydrogen-bond donors (Lipinski definition) is 4. The van der Waals surface area contributed by atoms with E-state index >= 15 is 0 Å². The maximum Gasteiger partial charge on any atom is 0.113 e. The number of hydrogen-bond acceptors (Lipinski definition) is 7. The molecule has 3 heterocycles. The second-order valence-electron chi connectivity index (χ2n) is 6.65. The average Bonchev–Trinajstić information content (AvgIpc) is 3.24. The van der Waals surface area contributed by atoms with Gasteiger partial charge >= 0.3 is 0 Å². The van der Waals surface area contributed by atoms with Crippen molar-refractivity contribution in [2.45, 2.75) is 36.9 Å². The quantitative estimate of drug-likeness (QED) is 0.515. The number of thiophene rings is 2. The highest BCUT2D eigenvalue weighted by Crippen LogP contribution is 2.36. The minimum absolute atomic E-state index is 0.451. The summed E-state index contributed by atoms with van der Waals surface area (Å²) in [6.07, 6.45) is -5.21. The first-order valence-electron chi connectivity index (χ1n) is 8.52. The maximum absolute atomic E-state index is 10.3. The first-order chi connectivity index (χ1) is 13.0. The molecule has 1 aliphatic heterocycles. The smallest absolute Gasteiger partial charge is 0.113 e. The van der Waals surface area contributed by atoms with Gasteiger partial charge in [-0.3, -0.25) is 0 Å². The summed E-state index contributed by atoms with van der Waals surface area (Å²) < 4.78 is 6.92. The van der Waals surface area contributed by atoms with E-state index in [0.717, 1.165) is 5.56 Å². The minimum atomic E-state index is -1.40. The SMILES string of the molecule is OCC1O[C@@H](c2ccc(Cl)c(Cc3cc4ccsc4s3)c2)[C@H](O)C(O)[C@@H]1O. The van der Waals surface area contributed by atoms with Crippen LogP contribution in [0.2, 0.25) is 5.02 Å². The van der Waals surface area contributed by atoms with Crippen molar-refractivity contribution < 1.29 is 25.2 Å². The Morgan fingerprint density at radius 3 is 2.59 bits per heavy atom. The zero-order chi connectivity index (χ0) is 19.1. The Morgan fingerprint density at radius 2 is 1.85 bits per heavy atom. The van der Waals surface area contributed by atoms with Crippen LogP contribution in [0.15, 0.2) is 35.7 Å². The Morgan fingerprint density at radius 1 is 1.04 bits per heavy atom. The fourth-order valence-electron chi connectivity index (χ4n) is 3.38. The highest BCUT2D eigenvalue weighted by Gasteiger charge is 2.44. The summed E-state index contributed by atoms with van der Waals surface area (Å²) in [5, 5.41) is 43.6. The van der Waals surface area contributed by atoms with Crippen LogP contribution in [-0.2, 0) is 11.2 Å². The van der Waals surface area contributed by atoms with E-state index in [1.54, 1.807) is 34.8 Å². The molecule has 0 radical (unpaired) electrons. The van der Waals surface area contributed by atoms with E-state index in [4.69, 9.17) is 16.3 Å². The van der Waals surface area contributed by atoms with E-state index in [1.807, 2.05) is 6.07 Å². The number of ether oxygens (including phenoxy) is 1. The van der Waals surface area contributed by atoms with Crippen molar-refractivity contribution in [1.82, 2.24) is 0 Å². The highest BCUT2D eigenvalue weighted by molar-refractivity contribution is 7.37. The number of benzene rings is 1. The van der Waals surface area contributed by atoms with Gasteiger partial charge in [0.1, 0.15) is 30.5 Å². The molecule has 1 fully saturated rings. The third kappa shape index (κ3) is 3.66. The number of aliphatic hydroxyl groups is 4. The van der Waals surface area contributed by atoms with Gasteiger partial charge in [-0.25, -0.2) is 0 Å². The van der Waals surface area contributed by atoms with Gasteiger partial charge in [0, 0.05) is 21.7 Å². The minimum Gasteiger partial charge on any atom is -0.394 e. The van der Waals surface area contributed by atoms with Crippen LogP contribution in [-0.4, -0.2) is 51.4 Å². The summed E-state index contributed by atoms with van der Waals surface area (Å²) in [6.45, 7) is -0.451. The van der Waals surface area contributed by atoms with E-state index in [2.05, 4.69) is 17.5 Å². The number of rotatable bonds is 4. The normalized spacial score (nSPS) is 28.7. The molecule has 2 unspecified atom stereocenters. The largest absolute Gasteiger partial charge is 0.394 e. The van der Waals surface area contributed by atoms with Crippen molar-refractivity contribution in [2.75, 3.05) is 6.61 Å². The molecule has 4 N–H and O–H groups in total. The zero-order valence-corrected chi connectivity index (χ0v) is 16.5. The molecule has 0 saturated carbocycles. The molecule has 0 amide bonds. The molecule has 3 aromatic rings. The topological polar surface area (TPSA) is 90.2 Å². The third-order valence-corrected chi connectivity index (χ3v) is 7.43. The Labute approximate surface area is 169 Å². The second kappa shape index (κ2) is 7.77. The molecule has 8 heteroatoms. The first kappa shape index (κ1) is 19.3. The van der Waals surface area contributed by atoms with Crippen LogP contribution >= 0.6 is 34.3 Å². The summed E-state index contributed by atoms with van der Waals surface area (Å²) in [5.74, 6) is 0. The average molecular weight is 427 g/mol. The zero-order valence-electron chi connectivity index (χ0n) is 14.2. The fourth-order valence-corrected chi connectivity index (χ4v) is 5.74. The molecule has 1 aliphatic rings. The summed E-state index contributed by atoms with van der Waals surface area (Å²) in [4.78, 5) is 1.18. The summed E-state index contributed by atoms with van der Waals surface area (Å²) >= 11 is 9.81. The summed E-state index contributed by atoms with van der Waals surface area (Å²) in [7, 11) is 0. The molecule has 4 rings (SSSR count). The lowest BCUT2D eigenvalue weighted by Gasteiger charge is -2.40. The van der Waals surface area contributed by atoms with E-state index in [1.165, 1.54) is 14.3 Å². The number of aliphatic hydroxyl groups excluding tert-OH is 4. The van der Waals surface area contributed by atoms with Gasteiger partial charge in [0.05, 0.1) is 10.6 Å². The second-order valence-corrected chi connectivity index (χ2v) is 9.37. The maximum atomic E-state index is 10.3. The Bertz CT molecular complexity index is 909. The fraction of sp³-hybridized carbons (Fsp3) is 0.368. The third-order valence-electron chi connectivity index (χ3n) is 4.85. The van der Waals surface area contributed by atoms with Gasteiger partial charge in [-0.2, -0.15) is 0 Å². The van der Waals surface area contributed by atoms with Gasteiger partial charge < -0.3 is 25.2 Å². The Balaban J connectivity index is 1.62. The van der Waals surface area contributed by atoms with Gasteiger partial charge in [0.15, 0.2) is 0 Å². The highest BCUT2D eigenvalue weighted by atomic mass is 35.5. The molecular formula is C19H19ClO5S2. The van der Waals surface area contributed by atoms with Crippen LogP contribution < -0.4 is 0 Å². The van der Waals surface area contributed by atoms with Crippen LogP contribution in [0, 0.1) is 0 Å². The predicted molar refractivity (Wildman–Crippen MR) is 107 cm³/mol. The lowest BCUT2D eigenvalue weighted by Crippen LogP contribution is -2.55. The van der Waals surface area contributed by atoms with Gasteiger partial charge in [0.2, 0.25) is 0 Å². The van der Waals surface area contributed by atoms with E-state index in [0.29, 0.717) is 17.0 Å². The molecule has 1 aromatic carbocycles. The van der Waals surface area contributed by atoms with Gasteiger partial charge in [0.25, 0.3) is 0 Å². The lowest BCUT2D eigenvalue weighted by atomic mass is 9.90. The van der Waals surface area contributed by atoms with Crippen molar-refractivity contribution in [2.24, 2.45) is 0 Å². The van der Waals surface area contributed by atoms with E-state index in [-0.39, 0.29) is 0 Å². The van der Waals surface area contributed by atoms with E-state index in [9.17, 15) is 20.4 Å². The molecule has 27 heavy (non-hydrogen) atoms. The number of fused-ring (bicyclic) bond motifs is 1. The summed E-state index contributed by atoms with van der Waals surface area (Å²) in [6, 6.07) is 9.55. The Kier molecular flexibility index (Phi) is 5.55. The molecular weight excluding hydrogens is 408 g/mol. The van der Waals surface area contributed by atoms with Crippen molar-refractivity contribution in [3.05, 3.63) is 56.7 Å². The molecule has 0 bridgehead atoms. The van der Waals surface area contributed by atoms with Crippen molar-refractivity contribution in [1.29, 1.82) is 0 Å². The lowest BCUT2D eigenvalue weighted by molar-refractivity contribution is -0.231. The number of halogens is 1. The van der Waals surface area contributed by atoms with Gasteiger partial charge in [-0.1, -0.05) is 23.7 Å². The van der Waals surface area contributed by atoms with Crippen molar-refractivity contribution in [3.8, 4) is 0 Å². The standard InChI is InChI=1S/C19H19ClO5S2/c20-13-2-1-9(18-17(24)16(23)15(22)14(8-21)25-18)5-11(13)7-12-6-10-3-4-26-19(10)27-12/h1-6,14-18,21-24H,7-8H2/t14?,15-,16?,17-,18+/m1/s1. The summed E-state index contributed by atoms with van der Waals surface area (Å²) in [5.41, 5.74) is 1.53. The van der Waals surface area contributed by atoms with Crippen LogP contribution in [0.5, 0.6) is 0 Å². The van der Waals surface area contributed by atoms with E-state index < -0.39 is 37.1 Å². The Hall–Kier alpha value is -1.03. The van der Waals surface area contributed by atoms with Crippen LogP contribution in [0.3, 0.4) is 0 Å². The molecule has 0 aliphatic carbocycles. The molecule has 5 atom stereocenters. The van der Waals surface area contributed by atoms with Gasteiger partial charge in [-0.15, -0.1) is 22.7 Å².